The molecule has 0 fully saturated rings. The number of hydrogen-bond donors (Lipinski definition) is 2. The van der Waals surface area contributed by atoms with E-state index in [2.05, 4.69) is 15.4 Å². The summed E-state index contributed by atoms with van der Waals surface area (Å²) in [6.07, 6.45) is 0.771. The average molecular weight is 295 g/mol. The summed E-state index contributed by atoms with van der Waals surface area (Å²) in [6.45, 7) is 0. The number of anilines is 2. The number of methoxy groups -OCH3 is 1. The second kappa shape index (κ2) is 6.12. The molecule has 2 rings (SSSR count). The maximum Gasteiger partial charge on any atom is 0.411 e. The molecular weight excluding hydrogens is 284 g/mol. The lowest BCUT2D eigenvalue weighted by Gasteiger charge is -2.06. The van der Waals surface area contributed by atoms with Crippen molar-refractivity contribution in [3.63, 3.8) is 0 Å². The molecule has 1 heterocycles. The van der Waals surface area contributed by atoms with Crippen LogP contribution in [0.25, 0.3) is 0 Å². The van der Waals surface area contributed by atoms with Crippen molar-refractivity contribution in [2.24, 2.45) is 0 Å². The Morgan fingerprint density at radius 3 is 2.20 bits per heavy atom. The monoisotopic (exact) mass is 294 g/mol. The first kappa shape index (κ1) is 14.0. The topological polar surface area (TPSA) is 80.6 Å². The van der Waals surface area contributed by atoms with Crippen molar-refractivity contribution in [1.82, 2.24) is 0 Å². The largest absolute Gasteiger partial charge is 0.453 e. The fraction of sp³-hybridized carbons (Fsp3) is 0.0769. The van der Waals surface area contributed by atoms with Gasteiger partial charge in [0.1, 0.15) is 0 Å². The van der Waals surface area contributed by atoms with Crippen molar-refractivity contribution in [1.29, 1.82) is 0 Å². The third kappa shape index (κ3) is 3.30. The zero-order chi connectivity index (χ0) is 14.5. The molecule has 0 atom stereocenters. The molecule has 0 aliphatic rings. The summed E-state index contributed by atoms with van der Waals surface area (Å²) in [5.74, 6) is -0.377. The molecular formula is C13H11ClN2O4. The first-order valence-corrected chi connectivity index (χ1v) is 5.97. The molecule has 6 nitrogen and oxygen atoms in total. The molecule has 104 valence electrons. The molecule has 2 N–H and O–H groups in total. The van der Waals surface area contributed by atoms with E-state index in [9.17, 15) is 9.59 Å². The van der Waals surface area contributed by atoms with Crippen molar-refractivity contribution < 1.29 is 18.7 Å². The highest BCUT2D eigenvalue weighted by molar-refractivity contribution is 6.32. The van der Waals surface area contributed by atoms with Gasteiger partial charge in [-0.25, -0.2) is 4.79 Å². The van der Waals surface area contributed by atoms with E-state index in [4.69, 9.17) is 16.0 Å². The molecule has 2 aromatic rings. The number of carbonyl (C=O) groups excluding carboxylic acids is 2. The Balaban J connectivity index is 2.02. The second-order valence-electron chi connectivity index (χ2n) is 3.76. The van der Waals surface area contributed by atoms with Crippen LogP contribution >= 0.6 is 11.6 Å². The molecule has 1 aromatic heterocycles. The van der Waals surface area contributed by atoms with E-state index < -0.39 is 6.09 Å². The SMILES string of the molecule is COC(=O)Nc1ccc(NC(=O)c2ccoc2Cl)cc1. The van der Waals surface area contributed by atoms with Crippen LogP contribution in [0.3, 0.4) is 0 Å². The van der Waals surface area contributed by atoms with Gasteiger partial charge in [0, 0.05) is 11.4 Å². The van der Waals surface area contributed by atoms with Crippen LogP contribution in [0.4, 0.5) is 16.2 Å². The number of benzene rings is 1. The Kier molecular flexibility index (Phi) is 4.27. The molecule has 0 unspecified atom stereocenters. The number of carbonyl (C=O) groups is 2. The Morgan fingerprint density at radius 1 is 1.10 bits per heavy atom. The first-order valence-electron chi connectivity index (χ1n) is 5.59. The van der Waals surface area contributed by atoms with Crippen molar-refractivity contribution in [3.05, 3.63) is 47.4 Å². The van der Waals surface area contributed by atoms with Crippen LogP contribution in [-0.2, 0) is 4.74 Å². The molecule has 2 amide bonds. The van der Waals surface area contributed by atoms with Crippen LogP contribution in [0, 0.1) is 0 Å². The van der Waals surface area contributed by atoms with E-state index in [1.807, 2.05) is 0 Å². The van der Waals surface area contributed by atoms with Crippen LogP contribution in [0.15, 0.2) is 41.0 Å². The average Bonchev–Trinajstić information content (AvgIpc) is 2.87. The lowest BCUT2D eigenvalue weighted by Crippen LogP contribution is -2.12. The van der Waals surface area contributed by atoms with Gasteiger partial charge in [-0.05, 0) is 41.9 Å². The summed E-state index contributed by atoms with van der Waals surface area (Å²) in [4.78, 5) is 22.9. The van der Waals surface area contributed by atoms with Gasteiger partial charge in [0.15, 0.2) is 0 Å². The molecule has 0 radical (unpaired) electrons. The van der Waals surface area contributed by atoms with Gasteiger partial charge in [0.2, 0.25) is 5.22 Å². The lowest BCUT2D eigenvalue weighted by molar-refractivity contribution is 0.102. The van der Waals surface area contributed by atoms with Gasteiger partial charge in [-0.2, -0.15) is 0 Å². The number of halogens is 1. The molecule has 0 saturated heterocycles. The van der Waals surface area contributed by atoms with E-state index in [1.54, 1.807) is 24.3 Å². The van der Waals surface area contributed by atoms with Crippen LogP contribution < -0.4 is 10.6 Å². The van der Waals surface area contributed by atoms with Gasteiger partial charge in [0.25, 0.3) is 5.91 Å². The summed E-state index contributed by atoms with van der Waals surface area (Å²) in [5.41, 5.74) is 1.36. The molecule has 0 aliphatic heterocycles. The van der Waals surface area contributed by atoms with E-state index in [0.717, 1.165) is 0 Å². The summed E-state index contributed by atoms with van der Waals surface area (Å²) < 4.78 is 9.31. The van der Waals surface area contributed by atoms with Crippen LogP contribution in [0.2, 0.25) is 5.22 Å². The summed E-state index contributed by atoms with van der Waals surface area (Å²) in [5, 5.41) is 5.18. The zero-order valence-electron chi connectivity index (χ0n) is 10.5. The number of hydrogen-bond acceptors (Lipinski definition) is 4. The minimum Gasteiger partial charge on any atom is -0.453 e. The summed E-state index contributed by atoms with van der Waals surface area (Å²) in [6, 6.07) is 8.01. The van der Waals surface area contributed by atoms with Gasteiger partial charge >= 0.3 is 6.09 Å². The van der Waals surface area contributed by atoms with Gasteiger partial charge in [-0.3, -0.25) is 10.1 Å². The number of rotatable bonds is 3. The fourth-order valence-electron chi connectivity index (χ4n) is 1.46. The summed E-state index contributed by atoms with van der Waals surface area (Å²) in [7, 11) is 1.28. The zero-order valence-corrected chi connectivity index (χ0v) is 11.2. The third-order valence-corrected chi connectivity index (χ3v) is 2.73. The highest BCUT2D eigenvalue weighted by atomic mass is 35.5. The predicted molar refractivity (Wildman–Crippen MR) is 74.1 cm³/mol. The molecule has 7 heteroatoms. The first-order chi connectivity index (χ1) is 9.60. The van der Waals surface area contributed by atoms with Gasteiger partial charge in [-0.15, -0.1) is 0 Å². The van der Waals surface area contributed by atoms with E-state index >= 15 is 0 Å². The minimum atomic E-state index is -0.563. The fourth-order valence-corrected chi connectivity index (χ4v) is 1.66. The molecule has 0 spiro atoms. The van der Waals surface area contributed by atoms with E-state index in [0.29, 0.717) is 11.4 Å². The number of furan rings is 1. The maximum atomic E-state index is 11.9. The predicted octanol–water partition coefficient (Wildman–Crippen LogP) is 3.36. The Bertz CT molecular complexity index is 622. The minimum absolute atomic E-state index is 0.0338. The summed E-state index contributed by atoms with van der Waals surface area (Å²) >= 11 is 5.71. The van der Waals surface area contributed by atoms with Crippen molar-refractivity contribution in [2.45, 2.75) is 0 Å². The normalized spacial score (nSPS) is 9.90. The number of amides is 2. The van der Waals surface area contributed by atoms with Gasteiger partial charge in [0.05, 0.1) is 18.9 Å². The van der Waals surface area contributed by atoms with Gasteiger partial charge in [-0.1, -0.05) is 0 Å². The van der Waals surface area contributed by atoms with Crippen molar-refractivity contribution in [2.75, 3.05) is 17.7 Å². The lowest BCUT2D eigenvalue weighted by atomic mass is 10.2. The highest BCUT2D eigenvalue weighted by Gasteiger charge is 2.13. The Hall–Kier alpha value is -2.47. The Morgan fingerprint density at radius 2 is 1.70 bits per heavy atom. The molecule has 0 saturated carbocycles. The molecule has 20 heavy (non-hydrogen) atoms. The smallest absolute Gasteiger partial charge is 0.411 e. The molecule has 0 aliphatic carbocycles. The van der Waals surface area contributed by atoms with Gasteiger partial charge < -0.3 is 14.5 Å². The van der Waals surface area contributed by atoms with Crippen LogP contribution in [0.1, 0.15) is 10.4 Å². The van der Waals surface area contributed by atoms with Crippen molar-refractivity contribution in [3.8, 4) is 0 Å². The number of ether oxygens (including phenoxy) is 1. The molecule has 0 bridgehead atoms. The third-order valence-electron chi connectivity index (χ3n) is 2.44. The number of nitrogens with one attached hydrogen (secondary N) is 2. The molecule has 1 aromatic carbocycles. The Labute approximate surface area is 119 Å². The van der Waals surface area contributed by atoms with E-state index in [1.165, 1.54) is 19.4 Å². The standard InChI is InChI=1S/C13H11ClN2O4/c1-19-13(18)16-9-4-2-8(3-5-9)15-12(17)10-6-7-20-11(10)14/h2-7H,1H3,(H,15,17)(H,16,18). The van der Waals surface area contributed by atoms with E-state index in [-0.39, 0.29) is 16.7 Å². The van der Waals surface area contributed by atoms with Crippen LogP contribution in [-0.4, -0.2) is 19.1 Å². The highest BCUT2D eigenvalue weighted by Crippen LogP contribution is 2.19. The quantitative estimate of drug-likeness (QED) is 0.909. The van der Waals surface area contributed by atoms with Crippen molar-refractivity contribution >= 4 is 35.0 Å². The van der Waals surface area contributed by atoms with Crippen LogP contribution in [0.5, 0.6) is 0 Å². The maximum absolute atomic E-state index is 11.9. The second-order valence-corrected chi connectivity index (χ2v) is 4.10.